The molecule has 0 saturated heterocycles. The molecule has 23 heavy (non-hydrogen) atoms. The molecule has 124 valence electrons. The molecule has 0 saturated carbocycles. The first kappa shape index (κ1) is 17.1. The Labute approximate surface area is 138 Å². The van der Waals surface area contributed by atoms with Gasteiger partial charge in [0, 0.05) is 26.7 Å². The Balaban J connectivity index is 1.86. The van der Waals surface area contributed by atoms with Crippen molar-refractivity contribution < 1.29 is 4.79 Å². The summed E-state index contributed by atoms with van der Waals surface area (Å²) in [6.07, 6.45) is 7.27. The fraction of sp³-hybridized carbons (Fsp3) is 0.444. The molecular weight excluding hydrogens is 288 g/mol. The average Bonchev–Trinajstić information content (AvgIpc) is 3.06. The van der Waals surface area contributed by atoms with E-state index in [-0.39, 0.29) is 12.5 Å². The number of nitrogens with zero attached hydrogens (tertiary/aromatic N) is 2. The van der Waals surface area contributed by atoms with Crippen molar-refractivity contribution in [1.82, 2.24) is 15.5 Å². The minimum atomic E-state index is -0.00120. The van der Waals surface area contributed by atoms with Crippen LogP contribution in [0.3, 0.4) is 0 Å². The van der Waals surface area contributed by atoms with Crippen molar-refractivity contribution in [2.75, 3.05) is 27.2 Å². The fourth-order valence-corrected chi connectivity index (χ4v) is 2.34. The molecule has 2 rings (SSSR count). The van der Waals surface area contributed by atoms with Crippen LogP contribution in [0.5, 0.6) is 0 Å². The number of benzene rings is 1. The lowest BCUT2D eigenvalue weighted by atomic mass is 10.1. The van der Waals surface area contributed by atoms with Crippen LogP contribution < -0.4 is 10.6 Å². The number of carbonyl (C=O) groups is 1. The molecule has 0 atom stereocenters. The van der Waals surface area contributed by atoms with E-state index in [4.69, 9.17) is 0 Å². The molecule has 0 aliphatic heterocycles. The lowest BCUT2D eigenvalue weighted by molar-refractivity contribution is -0.127. The Morgan fingerprint density at radius 2 is 1.91 bits per heavy atom. The predicted molar refractivity (Wildman–Crippen MR) is 94.4 cm³/mol. The van der Waals surface area contributed by atoms with Gasteiger partial charge in [-0.3, -0.25) is 4.79 Å². The molecule has 0 unspecified atom stereocenters. The minimum absolute atomic E-state index is 0.00120. The first-order valence-electron chi connectivity index (χ1n) is 8.09. The zero-order valence-electron chi connectivity index (χ0n) is 14.0. The van der Waals surface area contributed by atoms with Crippen LogP contribution >= 0.6 is 0 Å². The molecule has 1 aliphatic rings. The average molecular weight is 314 g/mol. The third kappa shape index (κ3) is 6.14. The van der Waals surface area contributed by atoms with Gasteiger partial charge in [0.05, 0.1) is 0 Å². The van der Waals surface area contributed by atoms with Crippen LogP contribution in [0.1, 0.15) is 18.4 Å². The monoisotopic (exact) mass is 314 g/mol. The maximum atomic E-state index is 11.7. The van der Waals surface area contributed by atoms with Gasteiger partial charge in [-0.05, 0) is 24.8 Å². The second kappa shape index (κ2) is 8.98. The van der Waals surface area contributed by atoms with E-state index in [1.807, 2.05) is 18.2 Å². The zero-order chi connectivity index (χ0) is 16.5. The summed E-state index contributed by atoms with van der Waals surface area (Å²) in [5, 5.41) is 6.73. The van der Waals surface area contributed by atoms with Gasteiger partial charge < -0.3 is 15.5 Å². The molecule has 1 amide bonds. The van der Waals surface area contributed by atoms with E-state index in [0.717, 1.165) is 25.8 Å². The number of aliphatic imine (C=N–C) groups is 1. The van der Waals surface area contributed by atoms with Crippen LogP contribution in [-0.4, -0.2) is 50.0 Å². The molecule has 1 aromatic carbocycles. The van der Waals surface area contributed by atoms with Crippen LogP contribution in [0.15, 0.2) is 47.5 Å². The third-order valence-corrected chi connectivity index (χ3v) is 3.77. The molecule has 0 bridgehead atoms. The van der Waals surface area contributed by atoms with Crippen molar-refractivity contribution in [3.8, 4) is 0 Å². The number of carbonyl (C=O) groups excluding carboxylic acids is 1. The van der Waals surface area contributed by atoms with E-state index in [2.05, 4.69) is 39.9 Å². The van der Waals surface area contributed by atoms with Gasteiger partial charge in [0.1, 0.15) is 6.54 Å². The van der Waals surface area contributed by atoms with Gasteiger partial charge in [0.15, 0.2) is 5.96 Å². The van der Waals surface area contributed by atoms with Crippen molar-refractivity contribution in [3.63, 3.8) is 0 Å². The number of nitrogens with one attached hydrogen (secondary N) is 2. The molecular formula is C18H26N4O. The summed E-state index contributed by atoms with van der Waals surface area (Å²) in [5.74, 6) is 0.712. The first-order valence-corrected chi connectivity index (χ1v) is 8.09. The lowest BCUT2D eigenvalue weighted by Gasteiger charge is -2.18. The Kier molecular flexibility index (Phi) is 6.66. The highest BCUT2D eigenvalue weighted by Crippen LogP contribution is 2.08. The van der Waals surface area contributed by atoms with E-state index in [1.54, 1.807) is 19.0 Å². The van der Waals surface area contributed by atoms with Crippen LogP contribution in [-0.2, 0) is 11.2 Å². The molecule has 0 aromatic heterocycles. The first-order chi connectivity index (χ1) is 11.1. The van der Waals surface area contributed by atoms with Gasteiger partial charge in [-0.15, -0.1) is 0 Å². The van der Waals surface area contributed by atoms with Crippen LogP contribution in [0.4, 0.5) is 0 Å². The van der Waals surface area contributed by atoms with E-state index in [1.165, 1.54) is 5.56 Å². The lowest BCUT2D eigenvalue weighted by Crippen LogP contribution is -2.44. The van der Waals surface area contributed by atoms with Crippen molar-refractivity contribution in [3.05, 3.63) is 48.0 Å². The highest BCUT2D eigenvalue weighted by Gasteiger charge is 2.12. The summed E-state index contributed by atoms with van der Waals surface area (Å²) in [7, 11) is 3.49. The zero-order valence-corrected chi connectivity index (χ0v) is 14.0. The number of rotatable bonds is 6. The van der Waals surface area contributed by atoms with Gasteiger partial charge in [-0.25, -0.2) is 4.99 Å². The van der Waals surface area contributed by atoms with Crippen molar-refractivity contribution >= 4 is 11.9 Å². The molecule has 1 aliphatic carbocycles. The Bertz CT molecular complexity index is 543. The maximum absolute atomic E-state index is 11.7. The summed E-state index contributed by atoms with van der Waals surface area (Å²) >= 11 is 0. The van der Waals surface area contributed by atoms with E-state index in [0.29, 0.717) is 12.0 Å². The molecule has 0 spiro atoms. The summed E-state index contributed by atoms with van der Waals surface area (Å²) < 4.78 is 0. The van der Waals surface area contributed by atoms with Crippen LogP contribution in [0.25, 0.3) is 0 Å². The third-order valence-electron chi connectivity index (χ3n) is 3.77. The SMILES string of the molecule is CN(C)C(=O)CN=C(NCCc1ccccc1)NC1CC=CC1. The number of guanidine groups is 1. The Morgan fingerprint density at radius 1 is 1.22 bits per heavy atom. The molecule has 0 radical (unpaired) electrons. The summed E-state index contributed by atoms with van der Waals surface area (Å²) in [6, 6.07) is 10.7. The molecule has 0 heterocycles. The number of amides is 1. The molecule has 0 fully saturated rings. The fourth-order valence-electron chi connectivity index (χ4n) is 2.34. The minimum Gasteiger partial charge on any atom is -0.356 e. The van der Waals surface area contributed by atoms with Crippen molar-refractivity contribution in [2.45, 2.75) is 25.3 Å². The second-order valence-electron chi connectivity index (χ2n) is 5.90. The predicted octanol–water partition coefficient (Wildman–Crippen LogP) is 1.57. The molecule has 2 N–H and O–H groups in total. The van der Waals surface area contributed by atoms with Gasteiger partial charge in [-0.2, -0.15) is 0 Å². The summed E-state index contributed by atoms with van der Waals surface area (Å²) in [6.45, 7) is 0.944. The van der Waals surface area contributed by atoms with E-state index >= 15 is 0 Å². The van der Waals surface area contributed by atoms with Crippen molar-refractivity contribution in [1.29, 1.82) is 0 Å². The van der Waals surface area contributed by atoms with Gasteiger partial charge in [0.25, 0.3) is 0 Å². The highest BCUT2D eigenvalue weighted by atomic mass is 16.2. The smallest absolute Gasteiger partial charge is 0.243 e. The van der Waals surface area contributed by atoms with Crippen LogP contribution in [0.2, 0.25) is 0 Å². The highest BCUT2D eigenvalue weighted by molar-refractivity contribution is 5.85. The second-order valence-corrected chi connectivity index (χ2v) is 5.90. The maximum Gasteiger partial charge on any atom is 0.243 e. The summed E-state index contributed by atoms with van der Waals surface area (Å²) in [4.78, 5) is 17.7. The van der Waals surface area contributed by atoms with E-state index < -0.39 is 0 Å². The normalized spacial score (nSPS) is 14.8. The quantitative estimate of drug-likeness (QED) is 0.476. The molecule has 5 heteroatoms. The molecule has 5 nitrogen and oxygen atoms in total. The standard InChI is InChI=1S/C18H26N4O/c1-22(2)17(23)14-20-18(21-16-10-6-7-11-16)19-13-12-15-8-4-3-5-9-15/h3-9,16H,10-14H2,1-2H3,(H2,19,20,21). The summed E-state index contributed by atoms with van der Waals surface area (Å²) in [5.41, 5.74) is 1.28. The Morgan fingerprint density at radius 3 is 2.57 bits per heavy atom. The molecule has 1 aromatic rings. The van der Waals surface area contributed by atoms with Gasteiger partial charge in [0.2, 0.25) is 5.91 Å². The number of hydrogen-bond donors (Lipinski definition) is 2. The largest absolute Gasteiger partial charge is 0.356 e. The van der Waals surface area contributed by atoms with E-state index in [9.17, 15) is 4.79 Å². The Hall–Kier alpha value is -2.30. The number of likely N-dealkylation sites (N-methyl/N-ethyl adjacent to an activating group) is 1. The van der Waals surface area contributed by atoms with Gasteiger partial charge >= 0.3 is 0 Å². The van der Waals surface area contributed by atoms with Gasteiger partial charge in [-0.1, -0.05) is 42.5 Å². The van der Waals surface area contributed by atoms with Crippen molar-refractivity contribution in [2.24, 2.45) is 4.99 Å². The number of hydrogen-bond acceptors (Lipinski definition) is 2. The van der Waals surface area contributed by atoms with Crippen LogP contribution in [0, 0.1) is 0 Å². The topological polar surface area (TPSA) is 56.7 Å².